The van der Waals surface area contributed by atoms with Crippen molar-refractivity contribution >= 4 is 16.8 Å². The van der Waals surface area contributed by atoms with Crippen LogP contribution in [0.3, 0.4) is 0 Å². The second-order valence-electron chi connectivity index (χ2n) is 3.53. The van der Waals surface area contributed by atoms with Crippen LogP contribution in [0.2, 0.25) is 0 Å². The number of hydrogen-bond acceptors (Lipinski definition) is 2. The van der Waals surface area contributed by atoms with Crippen LogP contribution in [0.15, 0.2) is 0 Å². The average molecular weight is 190 g/mol. The molecule has 2 unspecified atom stereocenters. The van der Waals surface area contributed by atoms with Crippen molar-refractivity contribution in [1.82, 2.24) is 0 Å². The minimum absolute atomic E-state index is 0.0380. The Bertz CT molecular complexity index is 208. The van der Waals surface area contributed by atoms with Crippen LogP contribution < -0.4 is 0 Å². The molecule has 0 bridgehead atoms. The molecule has 1 saturated carbocycles. The third-order valence-corrected chi connectivity index (χ3v) is 4.33. The zero-order chi connectivity index (χ0) is 9.30. The molecule has 1 N–H and O–H groups in total. The zero-order valence-corrected chi connectivity index (χ0v) is 8.13. The molecule has 2 atom stereocenters. The van der Waals surface area contributed by atoms with Gasteiger partial charge >= 0.3 is 5.97 Å². The molecule has 1 aliphatic carbocycles. The van der Waals surface area contributed by atoms with E-state index in [2.05, 4.69) is 0 Å². The van der Waals surface area contributed by atoms with Gasteiger partial charge < -0.3 is 5.11 Å². The summed E-state index contributed by atoms with van der Waals surface area (Å²) in [7, 11) is -1.16. The average Bonchev–Trinajstić information content (AvgIpc) is 2.64. The Labute approximate surface area is 74.6 Å². The van der Waals surface area contributed by atoms with Gasteiger partial charge in [-0.05, 0) is 18.8 Å². The molecule has 0 amide bonds. The van der Waals surface area contributed by atoms with E-state index in [0.717, 1.165) is 12.8 Å². The van der Waals surface area contributed by atoms with E-state index in [1.165, 1.54) is 0 Å². The Balaban J connectivity index is 2.63. The molecule has 70 valence electrons. The van der Waals surface area contributed by atoms with Gasteiger partial charge in [-0.3, -0.25) is 9.00 Å². The molecule has 0 aliphatic heterocycles. The summed E-state index contributed by atoms with van der Waals surface area (Å²) >= 11 is 0. The van der Waals surface area contributed by atoms with Crippen LogP contribution in [-0.4, -0.2) is 25.8 Å². The van der Waals surface area contributed by atoms with Crippen LogP contribution in [-0.2, 0) is 15.6 Å². The summed E-state index contributed by atoms with van der Waals surface area (Å²) in [6, 6.07) is 0. The molecule has 1 fully saturated rings. The zero-order valence-electron chi connectivity index (χ0n) is 7.32. The van der Waals surface area contributed by atoms with Crippen molar-refractivity contribution in [2.24, 2.45) is 5.92 Å². The highest BCUT2D eigenvalue weighted by Crippen LogP contribution is 2.30. The first-order valence-corrected chi connectivity index (χ1v) is 5.44. The fourth-order valence-electron chi connectivity index (χ4n) is 1.16. The quantitative estimate of drug-likeness (QED) is 0.719. The molecule has 1 aliphatic rings. The summed E-state index contributed by atoms with van der Waals surface area (Å²) in [5.74, 6) is -0.959. The van der Waals surface area contributed by atoms with Crippen LogP contribution in [0.1, 0.15) is 26.7 Å². The van der Waals surface area contributed by atoms with E-state index < -0.39 is 22.0 Å². The first-order valence-electron chi connectivity index (χ1n) is 4.16. The SMILES string of the molecule is CC(C)C(C(=O)O)S(=O)C1CC1. The van der Waals surface area contributed by atoms with Crippen LogP contribution in [0.5, 0.6) is 0 Å². The predicted octanol–water partition coefficient (Wildman–Crippen LogP) is 1.01. The van der Waals surface area contributed by atoms with E-state index in [1.807, 2.05) is 0 Å². The van der Waals surface area contributed by atoms with Crippen molar-refractivity contribution in [3.63, 3.8) is 0 Å². The van der Waals surface area contributed by atoms with E-state index >= 15 is 0 Å². The Hall–Kier alpha value is -0.380. The van der Waals surface area contributed by atoms with Gasteiger partial charge in [0, 0.05) is 16.0 Å². The highest BCUT2D eigenvalue weighted by Gasteiger charge is 2.38. The summed E-state index contributed by atoms with van der Waals surface area (Å²) in [5.41, 5.74) is 0. The van der Waals surface area contributed by atoms with Gasteiger partial charge in [0.05, 0.1) is 0 Å². The molecule has 4 heteroatoms. The molecule has 3 nitrogen and oxygen atoms in total. The second kappa shape index (κ2) is 3.56. The maximum atomic E-state index is 11.5. The van der Waals surface area contributed by atoms with Crippen molar-refractivity contribution in [2.45, 2.75) is 37.2 Å². The lowest BCUT2D eigenvalue weighted by atomic mass is 10.1. The Morgan fingerprint density at radius 2 is 2.00 bits per heavy atom. The lowest BCUT2D eigenvalue weighted by Gasteiger charge is -2.14. The number of carboxylic acids is 1. The smallest absolute Gasteiger partial charge is 0.319 e. The third-order valence-electron chi connectivity index (χ3n) is 1.95. The fraction of sp³-hybridized carbons (Fsp3) is 0.875. The third kappa shape index (κ3) is 2.06. The molecule has 0 heterocycles. The molecular weight excluding hydrogens is 176 g/mol. The Morgan fingerprint density at radius 1 is 1.50 bits per heavy atom. The molecule has 0 saturated heterocycles. The summed E-state index contributed by atoms with van der Waals surface area (Å²) in [6.45, 7) is 3.61. The van der Waals surface area contributed by atoms with Gasteiger partial charge in [0.1, 0.15) is 5.25 Å². The van der Waals surface area contributed by atoms with Crippen LogP contribution >= 0.6 is 0 Å². The lowest BCUT2D eigenvalue weighted by molar-refractivity contribution is -0.137. The number of aliphatic carboxylic acids is 1. The summed E-state index contributed by atoms with van der Waals surface area (Å²) in [6.07, 6.45) is 1.87. The highest BCUT2D eigenvalue weighted by atomic mass is 32.2. The minimum atomic E-state index is -1.16. The fourth-order valence-corrected chi connectivity index (χ4v) is 2.91. The van der Waals surface area contributed by atoms with Crippen molar-refractivity contribution in [3.05, 3.63) is 0 Å². The van der Waals surface area contributed by atoms with Crippen molar-refractivity contribution < 1.29 is 14.1 Å². The van der Waals surface area contributed by atoms with Crippen LogP contribution in [0, 0.1) is 5.92 Å². The molecule has 12 heavy (non-hydrogen) atoms. The minimum Gasteiger partial charge on any atom is -0.480 e. The van der Waals surface area contributed by atoms with Gasteiger partial charge in [-0.15, -0.1) is 0 Å². The van der Waals surface area contributed by atoms with Crippen molar-refractivity contribution in [2.75, 3.05) is 0 Å². The van der Waals surface area contributed by atoms with Crippen molar-refractivity contribution in [3.8, 4) is 0 Å². The predicted molar refractivity (Wildman–Crippen MR) is 47.4 cm³/mol. The standard InChI is InChI=1S/C8H14O3S/c1-5(2)7(8(9)10)12(11)6-3-4-6/h5-7H,3-4H2,1-2H3,(H,9,10). The molecule has 0 aromatic carbocycles. The Morgan fingerprint density at radius 3 is 2.25 bits per heavy atom. The van der Waals surface area contributed by atoms with E-state index in [4.69, 9.17) is 5.11 Å². The molecule has 0 radical (unpaired) electrons. The van der Waals surface area contributed by atoms with E-state index in [0.29, 0.717) is 0 Å². The summed E-state index contributed by atoms with van der Waals surface area (Å²) < 4.78 is 11.5. The lowest BCUT2D eigenvalue weighted by Crippen LogP contribution is -2.32. The molecular formula is C8H14O3S. The monoisotopic (exact) mass is 190 g/mol. The largest absolute Gasteiger partial charge is 0.480 e. The normalized spacial score (nSPS) is 22.2. The topological polar surface area (TPSA) is 54.4 Å². The molecule has 1 rings (SSSR count). The van der Waals surface area contributed by atoms with E-state index in [-0.39, 0.29) is 11.2 Å². The first kappa shape index (κ1) is 9.71. The van der Waals surface area contributed by atoms with Gasteiger partial charge in [-0.2, -0.15) is 0 Å². The van der Waals surface area contributed by atoms with Crippen LogP contribution in [0.4, 0.5) is 0 Å². The summed E-state index contributed by atoms with van der Waals surface area (Å²) in [4.78, 5) is 10.7. The summed E-state index contributed by atoms with van der Waals surface area (Å²) in [5, 5.41) is 8.29. The van der Waals surface area contributed by atoms with Gasteiger partial charge in [0.25, 0.3) is 0 Å². The maximum Gasteiger partial charge on any atom is 0.319 e. The van der Waals surface area contributed by atoms with Gasteiger partial charge in [-0.1, -0.05) is 13.8 Å². The van der Waals surface area contributed by atoms with Crippen molar-refractivity contribution in [1.29, 1.82) is 0 Å². The number of carboxylic acid groups (broad SMARTS) is 1. The number of hydrogen-bond donors (Lipinski definition) is 1. The molecule has 0 aromatic heterocycles. The maximum absolute atomic E-state index is 11.5. The van der Waals surface area contributed by atoms with E-state index in [1.54, 1.807) is 13.8 Å². The first-order chi connectivity index (χ1) is 5.54. The number of rotatable bonds is 4. The van der Waals surface area contributed by atoms with Gasteiger partial charge in [-0.25, -0.2) is 0 Å². The van der Waals surface area contributed by atoms with Gasteiger partial charge in [0.15, 0.2) is 0 Å². The Kier molecular flexibility index (Phi) is 2.88. The highest BCUT2D eigenvalue weighted by molar-refractivity contribution is 7.87. The van der Waals surface area contributed by atoms with Crippen LogP contribution in [0.25, 0.3) is 0 Å². The molecule has 0 spiro atoms. The van der Waals surface area contributed by atoms with Gasteiger partial charge in [0.2, 0.25) is 0 Å². The van der Waals surface area contributed by atoms with E-state index in [9.17, 15) is 9.00 Å². The molecule has 0 aromatic rings. The number of carbonyl (C=O) groups is 1. The second-order valence-corrected chi connectivity index (χ2v) is 5.36.